The van der Waals surface area contributed by atoms with E-state index < -0.39 is 0 Å². The highest BCUT2D eigenvalue weighted by Gasteiger charge is 2.29. The number of rotatable bonds is 3. The van der Waals surface area contributed by atoms with Gasteiger partial charge in [0.1, 0.15) is 5.82 Å². The van der Waals surface area contributed by atoms with Gasteiger partial charge in [0.15, 0.2) is 0 Å². The van der Waals surface area contributed by atoms with E-state index in [0.717, 1.165) is 56.5 Å². The first-order valence-corrected chi connectivity index (χ1v) is 7.42. The van der Waals surface area contributed by atoms with Gasteiger partial charge in [-0.1, -0.05) is 6.07 Å². The number of pyridine rings is 1. The van der Waals surface area contributed by atoms with Crippen LogP contribution in [0.3, 0.4) is 0 Å². The van der Waals surface area contributed by atoms with Crippen LogP contribution in [-0.2, 0) is 11.3 Å². The van der Waals surface area contributed by atoms with Crippen molar-refractivity contribution in [3.63, 3.8) is 0 Å². The lowest BCUT2D eigenvalue weighted by Gasteiger charge is -2.32. The Labute approximate surface area is 120 Å². The Morgan fingerprint density at radius 2 is 2.10 bits per heavy atom. The van der Waals surface area contributed by atoms with Gasteiger partial charge in [-0.05, 0) is 25.0 Å². The zero-order valence-electron chi connectivity index (χ0n) is 12.1. The van der Waals surface area contributed by atoms with Crippen LogP contribution in [0.15, 0.2) is 12.1 Å². The first kappa shape index (κ1) is 13.8. The van der Waals surface area contributed by atoms with E-state index in [1.54, 1.807) is 0 Å². The highest BCUT2D eigenvalue weighted by Crippen LogP contribution is 2.23. The Kier molecular flexibility index (Phi) is 4.19. The molecule has 1 atom stereocenters. The number of aromatic nitrogens is 1. The standard InChI is InChI=1S/C15H23N3O2/c1-12-13(11-19)2-3-15(16-12)18-5-4-14(10-18)17-6-8-20-9-7-17/h2-3,14,19H,4-11H2,1H3. The van der Waals surface area contributed by atoms with Crippen molar-refractivity contribution in [3.8, 4) is 0 Å². The molecule has 5 heteroatoms. The lowest BCUT2D eigenvalue weighted by atomic mass is 10.2. The number of anilines is 1. The average Bonchev–Trinajstić information content (AvgIpc) is 2.98. The van der Waals surface area contributed by atoms with Crippen molar-refractivity contribution in [1.29, 1.82) is 0 Å². The third-order valence-electron chi connectivity index (χ3n) is 4.40. The molecule has 3 rings (SSSR count). The zero-order chi connectivity index (χ0) is 13.9. The average molecular weight is 277 g/mol. The quantitative estimate of drug-likeness (QED) is 0.885. The summed E-state index contributed by atoms with van der Waals surface area (Å²) in [4.78, 5) is 9.52. The van der Waals surface area contributed by atoms with E-state index in [-0.39, 0.29) is 6.61 Å². The molecular formula is C15H23N3O2. The van der Waals surface area contributed by atoms with Gasteiger partial charge in [-0.3, -0.25) is 4.90 Å². The number of ether oxygens (including phenoxy) is 1. The summed E-state index contributed by atoms with van der Waals surface area (Å²) < 4.78 is 5.42. The molecule has 0 spiro atoms. The molecule has 5 nitrogen and oxygen atoms in total. The largest absolute Gasteiger partial charge is 0.392 e. The maximum Gasteiger partial charge on any atom is 0.128 e. The first-order chi connectivity index (χ1) is 9.78. The van der Waals surface area contributed by atoms with Crippen molar-refractivity contribution in [2.24, 2.45) is 0 Å². The summed E-state index contributed by atoms with van der Waals surface area (Å²) in [5.74, 6) is 1.04. The molecule has 2 aliphatic heterocycles. The van der Waals surface area contributed by atoms with E-state index >= 15 is 0 Å². The molecule has 1 aromatic rings. The van der Waals surface area contributed by atoms with Gasteiger partial charge in [0, 0.05) is 37.9 Å². The van der Waals surface area contributed by atoms with Gasteiger partial charge in [-0.2, -0.15) is 0 Å². The predicted molar refractivity (Wildman–Crippen MR) is 77.9 cm³/mol. The molecule has 110 valence electrons. The molecule has 2 aliphatic rings. The Morgan fingerprint density at radius 1 is 1.30 bits per heavy atom. The zero-order valence-corrected chi connectivity index (χ0v) is 12.1. The van der Waals surface area contributed by atoms with Gasteiger partial charge in [-0.25, -0.2) is 4.98 Å². The maximum absolute atomic E-state index is 9.21. The fourth-order valence-electron chi connectivity index (χ4n) is 3.11. The summed E-state index contributed by atoms with van der Waals surface area (Å²) in [6.07, 6.45) is 1.20. The van der Waals surface area contributed by atoms with E-state index in [1.165, 1.54) is 6.42 Å². The second-order valence-electron chi connectivity index (χ2n) is 5.61. The van der Waals surface area contributed by atoms with Crippen molar-refractivity contribution < 1.29 is 9.84 Å². The van der Waals surface area contributed by atoms with E-state index in [0.29, 0.717) is 6.04 Å². The lowest BCUT2D eigenvalue weighted by molar-refractivity contribution is 0.0209. The Bertz CT molecular complexity index is 460. The van der Waals surface area contributed by atoms with Crippen LogP contribution >= 0.6 is 0 Å². The predicted octanol–water partition coefficient (Wildman–Crippen LogP) is 0.793. The summed E-state index contributed by atoms with van der Waals surface area (Å²) in [6, 6.07) is 4.64. The first-order valence-electron chi connectivity index (χ1n) is 7.42. The molecule has 20 heavy (non-hydrogen) atoms. The second kappa shape index (κ2) is 6.08. The molecule has 2 fully saturated rings. The number of aliphatic hydroxyl groups is 1. The number of morpholine rings is 1. The second-order valence-corrected chi connectivity index (χ2v) is 5.61. The summed E-state index contributed by atoms with van der Waals surface area (Å²) in [5.41, 5.74) is 1.84. The molecule has 1 aromatic heterocycles. The molecule has 0 saturated carbocycles. The molecule has 0 aromatic carbocycles. The minimum atomic E-state index is 0.0650. The van der Waals surface area contributed by atoms with Crippen LogP contribution in [0.1, 0.15) is 17.7 Å². The van der Waals surface area contributed by atoms with Crippen molar-refractivity contribution in [2.75, 3.05) is 44.3 Å². The smallest absolute Gasteiger partial charge is 0.128 e. The number of aryl methyl sites for hydroxylation is 1. The van der Waals surface area contributed by atoms with Gasteiger partial charge < -0.3 is 14.7 Å². The molecule has 1 N–H and O–H groups in total. The minimum Gasteiger partial charge on any atom is -0.392 e. The molecule has 0 aliphatic carbocycles. The van der Waals surface area contributed by atoms with Gasteiger partial charge in [0.05, 0.1) is 19.8 Å². The van der Waals surface area contributed by atoms with Crippen LogP contribution in [0.25, 0.3) is 0 Å². The van der Waals surface area contributed by atoms with Crippen molar-refractivity contribution in [2.45, 2.75) is 26.0 Å². The summed E-state index contributed by atoms with van der Waals surface area (Å²) in [6.45, 7) is 7.96. The van der Waals surface area contributed by atoms with E-state index in [4.69, 9.17) is 4.74 Å². The fraction of sp³-hybridized carbons (Fsp3) is 0.667. The van der Waals surface area contributed by atoms with Crippen LogP contribution in [0.2, 0.25) is 0 Å². The van der Waals surface area contributed by atoms with Gasteiger partial charge in [0.2, 0.25) is 0 Å². The maximum atomic E-state index is 9.21. The molecule has 0 radical (unpaired) electrons. The Balaban J connectivity index is 1.65. The van der Waals surface area contributed by atoms with Gasteiger partial charge in [0.25, 0.3) is 0 Å². The fourth-order valence-corrected chi connectivity index (χ4v) is 3.11. The summed E-state index contributed by atoms with van der Waals surface area (Å²) in [7, 11) is 0. The molecule has 1 unspecified atom stereocenters. The third-order valence-corrected chi connectivity index (χ3v) is 4.40. The molecule has 2 saturated heterocycles. The topological polar surface area (TPSA) is 48.8 Å². The number of aliphatic hydroxyl groups excluding tert-OH is 1. The SMILES string of the molecule is Cc1nc(N2CCC(N3CCOCC3)C2)ccc1CO. The van der Waals surface area contributed by atoms with Crippen molar-refractivity contribution in [3.05, 3.63) is 23.4 Å². The molecule has 0 bridgehead atoms. The van der Waals surface area contributed by atoms with Crippen LogP contribution in [0, 0.1) is 6.92 Å². The van der Waals surface area contributed by atoms with E-state index in [2.05, 4.69) is 14.8 Å². The minimum absolute atomic E-state index is 0.0650. The molecule has 0 amide bonds. The highest BCUT2D eigenvalue weighted by atomic mass is 16.5. The number of hydrogen-bond donors (Lipinski definition) is 1. The van der Waals surface area contributed by atoms with Crippen LogP contribution in [0.4, 0.5) is 5.82 Å². The van der Waals surface area contributed by atoms with Crippen LogP contribution in [-0.4, -0.2) is 60.4 Å². The van der Waals surface area contributed by atoms with Crippen LogP contribution < -0.4 is 4.90 Å². The van der Waals surface area contributed by atoms with Gasteiger partial charge in [-0.15, -0.1) is 0 Å². The van der Waals surface area contributed by atoms with Gasteiger partial charge >= 0.3 is 0 Å². The van der Waals surface area contributed by atoms with Crippen molar-refractivity contribution in [1.82, 2.24) is 9.88 Å². The van der Waals surface area contributed by atoms with E-state index in [1.807, 2.05) is 19.1 Å². The number of hydrogen-bond acceptors (Lipinski definition) is 5. The van der Waals surface area contributed by atoms with Crippen molar-refractivity contribution >= 4 is 5.82 Å². The molecule has 3 heterocycles. The third kappa shape index (κ3) is 2.80. The highest BCUT2D eigenvalue weighted by molar-refractivity contribution is 5.43. The Hall–Kier alpha value is -1.17. The summed E-state index contributed by atoms with van der Waals surface area (Å²) >= 11 is 0. The van der Waals surface area contributed by atoms with Crippen LogP contribution in [0.5, 0.6) is 0 Å². The lowest BCUT2D eigenvalue weighted by Crippen LogP contribution is -2.44. The summed E-state index contributed by atoms with van der Waals surface area (Å²) in [5, 5.41) is 9.21. The normalized spacial score (nSPS) is 24.3. The monoisotopic (exact) mass is 277 g/mol. The molecular weight excluding hydrogens is 254 g/mol. The number of nitrogens with zero attached hydrogens (tertiary/aromatic N) is 3. The Morgan fingerprint density at radius 3 is 2.80 bits per heavy atom. The van der Waals surface area contributed by atoms with E-state index in [9.17, 15) is 5.11 Å².